The molecule has 1 atom stereocenters. The lowest BCUT2D eigenvalue weighted by Crippen LogP contribution is -2.42. The van der Waals surface area contributed by atoms with Crippen molar-refractivity contribution in [2.45, 2.75) is 38.0 Å². The van der Waals surface area contributed by atoms with Crippen molar-refractivity contribution in [3.63, 3.8) is 0 Å². The lowest BCUT2D eigenvalue weighted by molar-refractivity contribution is -0.126. The number of hydrogen-bond acceptors (Lipinski definition) is 2. The van der Waals surface area contributed by atoms with E-state index >= 15 is 0 Å². The Kier molecular flexibility index (Phi) is 3.36. The first kappa shape index (κ1) is 12.0. The zero-order valence-corrected chi connectivity index (χ0v) is 10.2. The summed E-state index contributed by atoms with van der Waals surface area (Å²) in [4.78, 5) is 12.3. The highest BCUT2D eigenvalue weighted by Crippen LogP contribution is 2.36. The number of hydrogen-bond donors (Lipinski definition) is 2. The average Bonchev–Trinajstić information content (AvgIpc) is 2.52. The standard InChI is InChI=1S/C14H19NO2/c1-2-14(8-3-4-9-15-13(14)17)11-6-5-7-12(16)10-11/h5-7,10,16H,2-4,8-9H2,1H3,(H,15,17)/t14-/m0/s1. The fourth-order valence-corrected chi connectivity index (χ4v) is 2.66. The Bertz CT molecular complexity index is 416. The van der Waals surface area contributed by atoms with E-state index in [1.165, 1.54) is 0 Å². The van der Waals surface area contributed by atoms with Gasteiger partial charge in [-0.2, -0.15) is 0 Å². The second kappa shape index (κ2) is 4.78. The average molecular weight is 233 g/mol. The maximum Gasteiger partial charge on any atom is 0.230 e. The number of aromatic hydroxyl groups is 1. The van der Waals surface area contributed by atoms with Gasteiger partial charge in [0, 0.05) is 6.54 Å². The van der Waals surface area contributed by atoms with Crippen LogP contribution >= 0.6 is 0 Å². The predicted molar refractivity (Wildman–Crippen MR) is 66.9 cm³/mol. The number of benzene rings is 1. The van der Waals surface area contributed by atoms with Crippen LogP contribution in [0.5, 0.6) is 5.75 Å². The second-order valence-electron chi connectivity index (χ2n) is 4.70. The third kappa shape index (κ3) is 2.14. The Hall–Kier alpha value is -1.51. The molecule has 0 saturated carbocycles. The summed E-state index contributed by atoms with van der Waals surface area (Å²) in [5.74, 6) is 0.329. The molecule has 2 N–H and O–H groups in total. The van der Waals surface area contributed by atoms with Crippen LogP contribution in [0.25, 0.3) is 0 Å². The lowest BCUT2D eigenvalue weighted by atomic mass is 9.74. The maximum atomic E-state index is 12.3. The Labute approximate surface area is 102 Å². The Morgan fingerprint density at radius 1 is 1.41 bits per heavy atom. The molecular formula is C14H19NO2. The van der Waals surface area contributed by atoms with Crippen LogP contribution in [0.2, 0.25) is 0 Å². The van der Waals surface area contributed by atoms with Gasteiger partial charge in [0.15, 0.2) is 0 Å². The number of nitrogens with one attached hydrogen (secondary N) is 1. The molecule has 3 heteroatoms. The van der Waals surface area contributed by atoms with Crippen LogP contribution in [-0.4, -0.2) is 17.6 Å². The van der Waals surface area contributed by atoms with Crippen LogP contribution in [0.4, 0.5) is 0 Å². The van der Waals surface area contributed by atoms with Gasteiger partial charge in [0.2, 0.25) is 5.91 Å². The molecule has 92 valence electrons. The molecule has 0 spiro atoms. The van der Waals surface area contributed by atoms with E-state index in [1.54, 1.807) is 18.2 Å². The van der Waals surface area contributed by atoms with E-state index in [-0.39, 0.29) is 11.7 Å². The van der Waals surface area contributed by atoms with E-state index in [1.807, 2.05) is 13.0 Å². The fraction of sp³-hybridized carbons (Fsp3) is 0.500. The first-order valence-corrected chi connectivity index (χ1v) is 6.27. The van der Waals surface area contributed by atoms with Crippen molar-refractivity contribution in [3.8, 4) is 5.75 Å². The lowest BCUT2D eigenvalue weighted by Gasteiger charge is -2.30. The van der Waals surface area contributed by atoms with E-state index in [4.69, 9.17) is 0 Å². The highest BCUT2D eigenvalue weighted by atomic mass is 16.3. The first-order valence-electron chi connectivity index (χ1n) is 6.27. The van der Waals surface area contributed by atoms with Gasteiger partial charge in [-0.15, -0.1) is 0 Å². The van der Waals surface area contributed by atoms with Crippen LogP contribution in [0.1, 0.15) is 38.2 Å². The second-order valence-corrected chi connectivity index (χ2v) is 4.70. The summed E-state index contributed by atoms with van der Waals surface area (Å²) >= 11 is 0. The van der Waals surface area contributed by atoms with Crippen molar-refractivity contribution in [2.24, 2.45) is 0 Å². The molecule has 1 aliphatic heterocycles. The molecule has 1 amide bonds. The highest BCUT2D eigenvalue weighted by Gasteiger charge is 2.39. The minimum atomic E-state index is -0.463. The van der Waals surface area contributed by atoms with Crippen molar-refractivity contribution in [3.05, 3.63) is 29.8 Å². The van der Waals surface area contributed by atoms with Gasteiger partial charge in [-0.1, -0.05) is 25.5 Å². The van der Waals surface area contributed by atoms with Crippen LogP contribution < -0.4 is 5.32 Å². The summed E-state index contributed by atoms with van der Waals surface area (Å²) < 4.78 is 0. The monoisotopic (exact) mass is 233 g/mol. The van der Waals surface area contributed by atoms with Crippen molar-refractivity contribution in [1.82, 2.24) is 5.32 Å². The molecule has 1 heterocycles. The number of amides is 1. The molecule has 0 aromatic heterocycles. The van der Waals surface area contributed by atoms with Crippen molar-refractivity contribution >= 4 is 5.91 Å². The first-order chi connectivity index (χ1) is 8.19. The van der Waals surface area contributed by atoms with Crippen molar-refractivity contribution < 1.29 is 9.90 Å². The summed E-state index contributed by atoms with van der Waals surface area (Å²) in [6, 6.07) is 7.10. The topological polar surface area (TPSA) is 49.3 Å². The minimum Gasteiger partial charge on any atom is -0.508 e. The third-order valence-electron chi connectivity index (χ3n) is 3.75. The van der Waals surface area contributed by atoms with Gasteiger partial charge in [-0.05, 0) is 37.0 Å². The van der Waals surface area contributed by atoms with Crippen LogP contribution in [0, 0.1) is 0 Å². The van der Waals surface area contributed by atoms with Crippen LogP contribution in [0.3, 0.4) is 0 Å². The Morgan fingerprint density at radius 2 is 2.24 bits per heavy atom. The molecule has 3 nitrogen and oxygen atoms in total. The maximum absolute atomic E-state index is 12.3. The van der Waals surface area contributed by atoms with E-state index in [0.717, 1.165) is 37.8 Å². The van der Waals surface area contributed by atoms with Gasteiger partial charge in [0.05, 0.1) is 5.41 Å². The molecule has 17 heavy (non-hydrogen) atoms. The van der Waals surface area contributed by atoms with Crippen LogP contribution in [0.15, 0.2) is 24.3 Å². The normalized spacial score (nSPS) is 25.1. The molecular weight excluding hydrogens is 214 g/mol. The number of carbonyl (C=O) groups excluding carboxylic acids is 1. The molecule has 1 aliphatic rings. The van der Waals surface area contributed by atoms with Crippen molar-refractivity contribution in [2.75, 3.05) is 6.54 Å². The van der Waals surface area contributed by atoms with E-state index in [9.17, 15) is 9.90 Å². The van der Waals surface area contributed by atoms with Gasteiger partial charge in [-0.3, -0.25) is 4.79 Å². The van der Waals surface area contributed by atoms with Crippen LogP contribution in [-0.2, 0) is 10.2 Å². The summed E-state index contributed by atoms with van der Waals surface area (Å²) in [5, 5.41) is 12.6. The van der Waals surface area contributed by atoms with Crippen molar-refractivity contribution in [1.29, 1.82) is 0 Å². The summed E-state index contributed by atoms with van der Waals surface area (Å²) in [6.45, 7) is 2.80. The number of phenolic OH excluding ortho intramolecular Hbond substituents is 1. The molecule has 0 unspecified atom stereocenters. The molecule has 2 rings (SSSR count). The smallest absolute Gasteiger partial charge is 0.230 e. The molecule has 1 aromatic rings. The van der Waals surface area contributed by atoms with Gasteiger partial charge < -0.3 is 10.4 Å². The molecule has 1 aromatic carbocycles. The molecule has 0 aliphatic carbocycles. The summed E-state index contributed by atoms with van der Waals surface area (Å²) in [6.07, 6.45) is 3.70. The van der Waals surface area contributed by atoms with Gasteiger partial charge in [-0.25, -0.2) is 0 Å². The number of carbonyl (C=O) groups is 1. The van der Waals surface area contributed by atoms with E-state index in [2.05, 4.69) is 5.32 Å². The molecule has 0 radical (unpaired) electrons. The molecule has 1 saturated heterocycles. The number of rotatable bonds is 2. The predicted octanol–water partition coefficient (Wildman–Crippen LogP) is 2.34. The molecule has 1 fully saturated rings. The Morgan fingerprint density at radius 3 is 2.94 bits per heavy atom. The van der Waals surface area contributed by atoms with Gasteiger partial charge in [0.1, 0.15) is 5.75 Å². The Balaban J connectivity index is 2.44. The summed E-state index contributed by atoms with van der Waals surface area (Å²) in [7, 11) is 0. The number of phenols is 1. The third-order valence-corrected chi connectivity index (χ3v) is 3.75. The fourth-order valence-electron chi connectivity index (χ4n) is 2.66. The highest BCUT2D eigenvalue weighted by molar-refractivity contribution is 5.88. The van der Waals surface area contributed by atoms with Gasteiger partial charge >= 0.3 is 0 Å². The van der Waals surface area contributed by atoms with E-state index < -0.39 is 5.41 Å². The zero-order chi connectivity index (χ0) is 12.3. The quantitative estimate of drug-likeness (QED) is 0.823. The summed E-state index contributed by atoms with van der Waals surface area (Å²) in [5.41, 5.74) is 0.467. The SMILES string of the molecule is CC[C@@]1(c2cccc(O)c2)CCCCNC1=O. The van der Waals surface area contributed by atoms with E-state index in [0.29, 0.717) is 0 Å². The minimum absolute atomic E-state index is 0.100. The largest absolute Gasteiger partial charge is 0.508 e. The zero-order valence-electron chi connectivity index (χ0n) is 10.2. The molecule has 0 bridgehead atoms. The van der Waals surface area contributed by atoms with Gasteiger partial charge in [0.25, 0.3) is 0 Å².